The van der Waals surface area contributed by atoms with Crippen molar-refractivity contribution in [3.8, 4) is 23.1 Å². The van der Waals surface area contributed by atoms with Gasteiger partial charge in [-0.2, -0.15) is 5.26 Å². The van der Waals surface area contributed by atoms with Gasteiger partial charge in [0.25, 0.3) is 0 Å². The second-order valence-electron chi connectivity index (χ2n) is 6.68. The van der Waals surface area contributed by atoms with Crippen LogP contribution in [-0.2, 0) is 0 Å². The van der Waals surface area contributed by atoms with Crippen molar-refractivity contribution in [2.45, 2.75) is 0 Å². The number of H-pyrrole nitrogens is 1. The molecule has 0 spiro atoms. The van der Waals surface area contributed by atoms with E-state index in [4.69, 9.17) is 21.3 Å². The topological polar surface area (TPSA) is 81.4 Å². The van der Waals surface area contributed by atoms with Crippen molar-refractivity contribution in [2.24, 2.45) is 0 Å². The Morgan fingerprint density at radius 1 is 1.21 bits per heavy atom. The largest absolute Gasteiger partial charge is 0.495 e. The lowest BCUT2D eigenvalue weighted by Gasteiger charge is -2.14. The zero-order valence-electron chi connectivity index (χ0n) is 16.2. The number of ether oxygens (including phenoxy) is 1. The third-order valence-corrected chi connectivity index (χ3v) is 4.88. The van der Waals surface area contributed by atoms with E-state index in [1.165, 1.54) is 0 Å². The lowest BCUT2D eigenvalue weighted by atomic mass is 10.1. The molecule has 0 aliphatic carbocycles. The van der Waals surface area contributed by atoms with E-state index >= 15 is 0 Å². The number of nitrogens with one attached hydrogen (secondary N) is 2. The Labute approximate surface area is 173 Å². The molecule has 4 rings (SSSR count). The number of fused-ring (bicyclic) bond motifs is 1. The summed E-state index contributed by atoms with van der Waals surface area (Å²) in [6.45, 7) is 0. The number of rotatable bonds is 5. The van der Waals surface area contributed by atoms with Crippen LogP contribution in [-0.4, -0.2) is 35.8 Å². The van der Waals surface area contributed by atoms with Gasteiger partial charge in [0.15, 0.2) is 11.5 Å². The van der Waals surface area contributed by atoms with E-state index in [1.807, 2.05) is 43.3 Å². The number of anilines is 3. The summed E-state index contributed by atoms with van der Waals surface area (Å²) in [5.74, 6) is 1.32. The van der Waals surface area contributed by atoms with Gasteiger partial charge in [-0.3, -0.25) is 5.10 Å². The summed E-state index contributed by atoms with van der Waals surface area (Å²) in [5, 5.41) is 16.4. The van der Waals surface area contributed by atoms with E-state index in [9.17, 15) is 5.26 Å². The fraction of sp³-hybridized carbons (Fsp3) is 0.143. The van der Waals surface area contributed by atoms with Crippen molar-refractivity contribution in [3.63, 3.8) is 0 Å². The predicted molar refractivity (Wildman–Crippen MR) is 115 cm³/mol. The van der Waals surface area contributed by atoms with E-state index in [2.05, 4.69) is 16.5 Å². The molecule has 0 unspecified atom stereocenters. The summed E-state index contributed by atoms with van der Waals surface area (Å²) in [6, 6.07) is 15.6. The summed E-state index contributed by atoms with van der Waals surface area (Å²) in [6.07, 6.45) is 1.63. The van der Waals surface area contributed by atoms with Crippen LogP contribution in [0, 0.1) is 11.3 Å². The molecule has 0 bridgehead atoms. The highest BCUT2D eigenvalue weighted by Gasteiger charge is 2.19. The van der Waals surface area contributed by atoms with Crippen LogP contribution < -0.4 is 15.0 Å². The van der Waals surface area contributed by atoms with Gasteiger partial charge in [0.2, 0.25) is 0 Å². The summed E-state index contributed by atoms with van der Waals surface area (Å²) >= 11 is 6.19. The van der Waals surface area contributed by atoms with Gasteiger partial charge in [0.05, 0.1) is 12.8 Å². The van der Waals surface area contributed by atoms with E-state index in [0.29, 0.717) is 39.2 Å². The van der Waals surface area contributed by atoms with E-state index in [0.717, 1.165) is 11.3 Å². The number of aromatic amines is 1. The molecule has 2 N–H and O–H groups in total. The Bertz CT molecular complexity index is 1220. The van der Waals surface area contributed by atoms with Gasteiger partial charge in [-0.15, -0.1) is 0 Å². The molecule has 0 atom stereocenters. The van der Waals surface area contributed by atoms with Crippen molar-refractivity contribution in [1.29, 1.82) is 5.26 Å². The molecule has 4 aromatic rings. The van der Waals surface area contributed by atoms with Gasteiger partial charge < -0.3 is 15.0 Å². The number of hydrogen-bond donors (Lipinski definition) is 2. The van der Waals surface area contributed by atoms with Crippen molar-refractivity contribution >= 4 is 34.4 Å². The lowest BCUT2D eigenvalue weighted by Crippen LogP contribution is -2.08. The SMILES string of the molecule is COc1ccc(Cl)cc1Nc1c(-c2ccc(N(C)C)cc2)nc2c(C#N)c[nH]n12. The molecular weight excluding hydrogens is 388 g/mol. The molecule has 0 aliphatic heterocycles. The van der Waals surface area contributed by atoms with Crippen LogP contribution in [0.5, 0.6) is 5.75 Å². The minimum atomic E-state index is 0.460. The smallest absolute Gasteiger partial charge is 0.173 e. The number of imidazole rings is 1. The molecule has 146 valence electrons. The number of hydrogen-bond acceptors (Lipinski definition) is 5. The van der Waals surface area contributed by atoms with Gasteiger partial charge in [0, 0.05) is 36.6 Å². The maximum Gasteiger partial charge on any atom is 0.173 e. The summed E-state index contributed by atoms with van der Waals surface area (Å²) < 4.78 is 7.20. The number of benzene rings is 2. The Hall–Kier alpha value is -3.63. The first-order valence-electron chi connectivity index (χ1n) is 8.90. The Kier molecular flexibility index (Phi) is 4.79. The standard InChI is InChI=1S/C21H19ClN6O/c1-27(2)16-7-4-13(5-8-16)19-21(28-20(26-19)14(11-23)12-24-28)25-17-10-15(22)6-9-18(17)29-3/h4-10,12,24-25H,1-3H3. The fourth-order valence-electron chi connectivity index (χ4n) is 3.14. The third-order valence-electron chi connectivity index (χ3n) is 4.65. The van der Waals surface area contributed by atoms with E-state index in [-0.39, 0.29) is 0 Å². The minimum absolute atomic E-state index is 0.460. The minimum Gasteiger partial charge on any atom is -0.495 e. The molecule has 2 aromatic carbocycles. The monoisotopic (exact) mass is 406 g/mol. The molecule has 0 amide bonds. The second kappa shape index (κ2) is 7.41. The van der Waals surface area contributed by atoms with Gasteiger partial charge in [-0.25, -0.2) is 9.50 Å². The maximum atomic E-state index is 9.41. The number of nitriles is 1. The zero-order valence-corrected chi connectivity index (χ0v) is 16.9. The number of aromatic nitrogens is 3. The van der Waals surface area contributed by atoms with Crippen LogP contribution >= 0.6 is 11.6 Å². The van der Waals surface area contributed by atoms with E-state index in [1.54, 1.807) is 36.0 Å². The summed E-state index contributed by atoms with van der Waals surface area (Å²) in [5.41, 5.74) is 4.41. The third kappa shape index (κ3) is 3.35. The highest BCUT2D eigenvalue weighted by molar-refractivity contribution is 6.31. The van der Waals surface area contributed by atoms with Crippen LogP contribution in [0.1, 0.15) is 5.56 Å². The van der Waals surface area contributed by atoms with Crippen molar-refractivity contribution in [1.82, 2.24) is 14.6 Å². The maximum absolute atomic E-state index is 9.41. The molecule has 0 radical (unpaired) electrons. The van der Waals surface area contributed by atoms with Crippen molar-refractivity contribution in [3.05, 3.63) is 59.2 Å². The van der Waals surface area contributed by atoms with Crippen LogP contribution in [0.25, 0.3) is 16.9 Å². The number of halogens is 1. The normalized spacial score (nSPS) is 10.7. The highest BCUT2D eigenvalue weighted by Crippen LogP contribution is 2.36. The molecule has 2 heterocycles. The molecule has 0 aliphatic rings. The molecule has 2 aromatic heterocycles. The predicted octanol–water partition coefficient (Wildman–Crippen LogP) is 4.67. The van der Waals surface area contributed by atoms with Crippen LogP contribution in [0.15, 0.2) is 48.7 Å². The number of methoxy groups -OCH3 is 1. The molecule has 0 saturated heterocycles. The zero-order chi connectivity index (χ0) is 20.5. The Balaban J connectivity index is 1.88. The first kappa shape index (κ1) is 18.7. The molecule has 0 saturated carbocycles. The quantitative estimate of drug-likeness (QED) is 0.503. The Morgan fingerprint density at radius 2 is 1.97 bits per heavy atom. The molecule has 8 heteroatoms. The average Bonchev–Trinajstić information content (AvgIpc) is 3.28. The van der Waals surface area contributed by atoms with Gasteiger partial charge in [-0.1, -0.05) is 23.7 Å². The summed E-state index contributed by atoms with van der Waals surface area (Å²) in [4.78, 5) is 6.75. The molecule has 0 fully saturated rings. The van der Waals surface area contributed by atoms with E-state index < -0.39 is 0 Å². The molecular formula is C21H19ClN6O. The average molecular weight is 407 g/mol. The van der Waals surface area contributed by atoms with Crippen molar-refractivity contribution in [2.75, 3.05) is 31.4 Å². The molecule has 7 nitrogen and oxygen atoms in total. The fourth-order valence-corrected chi connectivity index (χ4v) is 3.31. The number of nitrogens with zero attached hydrogens (tertiary/aromatic N) is 4. The van der Waals surface area contributed by atoms with Crippen molar-refractivity contribution < 1.29 is 4.74 Å². The lowest BCUT2D eigenvalue weighted by molar-refractivity contribution is 0.417. The van der Waals surface area contributed by atoms with Crippen LogP contribution in [0.3, 0.4) is 0 Å². The first-order chi connectivity index (χ1) is 14.0. The highest BCUT2D eigenvalue weighted by atomic mass is 35.5. The Morgan fingerprint density at radius 3 is 2.62 bits per heavy atom. The van der Waals surface area contributed by atoms with Gasteiger partial charge in [0.1, 0.15) is 23.1 Å². The first-order valence-corrected chi connectivity index (χ1v) is 9.28. The van der Waals surface area contributed by atoms with Crippen LogP contribution in [0.2, 0.25) is 5.02 Å². The van der Waals surface area contributed by atoms with Crippen LogP contribution in [0.4, 0.5) is 17.2 Å². The van der Waals surface area contributed by atoms with Gasteiger partial charge >= 0.3 is 0 Å². The molecule has 29 heavy (non-hydrogen) atoms. The van der Waals surface area contributed by atoms with Gasteiger partial charge in [-0.05, 0) is 30.3 Å². The summed E-state index contributed by atoms with van der Waals surface area (Å²) in [7, 11) is 5.59. The second-order valence-corrected chi connectivity index (χ2v) is 7.11.